The number of carbonyl (C=O) groups excluding carboxylic acids is 1. The van der Waals surface area contributed by atoms with Gasteiger partial charge in [0.25, 0.3) is 5.56 Å². The van der Waals surface area contributed by atoms with Crippen LogP contribution in [0.1, 0.15) is 15.9 Å². The Bertz CT molecular complexity index is 1480. The van der Waals surface area contributed by atoms with Crippen molar-refractivity contribution < 1.29 is 14.3 Å². The second-order valence-electron chi connectivity index (χ2n) is 7.31. The predicted octanol–water partition coefficient (Wildman–Crippen LogP) is 5.55. The van der Waals surface area contributed by atoms with Crippen molar-refractivity contribution in [3.63, 3.8) is 0 Å². The lowest BCUT2D eigenvalue weighted by Gasteiger charge is -2.12. The van der Waals surface area contributed by atoms with E-state index in [2.05, 4.69) is 0 Å². The van der Waals surface area contributed by atoms with Crippen molar-refractivity contribution >= 4 is 32.9 Å². The van der Waals surface area contributed by atoms with Gasteiger partial charge in [-0.05, 0) is 52.2 Å². The van der Waals surface area contributed by atoms with Gasteiger partial charge in [0.1, 0.15) is 12.4 Å². The number of aromatic nitrogens is 1. The van der Waals surface area contributed by atoms with Gasteiger partial charge in [0.15, 0.2) is 0 Å². The molecule has 3 aromatic heterocycles. The van der Waals surface area contributed by atoms with E-state index >= 15 is 0 Å². The lowest BCUT2D eigenvalue weighted by atomic mass is 10.0. The zero-order chi connectivity index (χ0) is 22.1. The third-order valence-electron chi connectivity index (χ3n) is 5.37. The van der Waals surface area contributed by atoms with E-state index in [0.29, 0.717) is 34.6 Å². The van der Waals surface area contributed by atoms with Gasteiger partial charge in [0.2, 0.25) is 0 Å². The van der Waals surface area contributed by atoms with Crippen LogP contribution in [0.25, 0.3) is 26.7 Å². The van der Waals surface area contributed by atoms with E-state index in [0.717, 1.165) is 15.6 Å². The molecule has 0 fully saturated rings. The standard InChI is InChI=1S/C26H19NO4S/c1-30-26(29)22-15-21(25(28)27-13-11-19-12-14-32-24(19)23(22)27)18-7-9-20(10-8-18)31-16-17-5-3-2-4-6-17/h2-15H,16H2,1H3. The first-order valence-corrected chi connectivity index (χ1v) is 10.9. The average Bonchev–Trinajstić information content (AvgIpc) is 3.33. The number of esters is 1. The largest absolute Gasteiger partial charge is 0.489 e. The van der Waals surface area contributed by atoms with E-state index < -0.39 is 5.97 Å². The minimum atomic E-state index is -0.479. The predicted molar refractivity (Wildman–Crippen MR) is 127 cm³/mol. The first-order valence-electron chi connectivity index (χ1n) is 10.1. The van der Waals surface area contributed by atoms with Crippen LogP contribution in [-0.2, 0) is 11.3 Å². The van der Waals surface area contributed by atoms with Gasteiger partial charge in [-0.2, -0.15) is 0 Å². The number of hydrogen-bond acceptors (Lipinski definition) is 5. The summed E-state index contributed by atoms with van der Waals surface area (Å²) in [5.74, 6) is 0.222. The van der Waals surface area contributed by atoms with Crippen molar-refractivity contribution in [3.05, 3.63) is 106 Å². The molecule has 0 unspecified atom stereocenters. The molecule has 0 aliphatic carbocycles. The zero-order valence-electron chi connectivity index (χ0n) is 17.3. The molecule has 3 heterocycles. The normalized spacial score (nSPS) is 11.0. The molecule has 5 rings (SSSR count). The molecule has 5 aromatic rings. The number of thiophene rings is 1. The summed E-state index contributed by atoms with van der Waals surface area (Å²) in [6, 6.07) is 22.7. The maximum Gasteiger partial charge on any atom is 0.340 e. The van der Waals surface area contributed by atoms with Crippen LogP contribution in [0.3, 0.4) is 0 Å². The molecule has 0 bridgehead atoms. The van der Waals surface area contributed by atoms with Gasteiger partial charge in [0.05, 0.1) is 22.9 Å². The first-order chi connectivity index (χ1) is 15.7. The molecule has 0 N–H and O–H groups in total. The monoisotopic (exact) mass is 441 g/mol. The number of carbonyl (C=O) groups is 1. The van der Waals surface area contributed by atoms with E-state index in [4.69, 9.17) is 9.47 Å². The number of pyridine rings is 2. The molecule has 0 amide bonds. The molecule has 0 aliphatic heterocycles. The summed E-state index contributed by atoms with van der Waals surface area (Å²) < 4.78 is 13.3. The molecule has 0 saturated heterocycles. The Balaban J connectivity index is 1.56. The summed E-state index contributed by atoms with van der Waals surface area (Å²) in [6.07, 6.45) is 1.71. The highest BCUT2D eigenvalue weighted by molar-refractivity contribution is 7.18. The van der Waals surface area contributed by atoms with Crippen molar-refractivity contribution in [1.29, 1.82) is 0 Å². The summed E-state index contributed by atoms with van der Waals surface area (Å²) in [6.45, 7) is 0.460. The molecule has 158 valence electrons. The fourth-order valence-corrected chi connectivity index (χ4v) is 4.69. The van der Waals surface area contributed by atoms with Gasteiger partial charge in [-0.3, -0.25) is 9.20 Å². The number of benzene rings is 2. The number of fused-ring (bicyclic) bond motifs is 3. The molecule has 0 spiro atoms. The fraction of sp³-hybridized carbons (Fsp3) is 0.0769. The second-order valence-corrected chi connectivity index (χ2v) is 8.22. The third kappa shape index (κ3) is 3.55. The summed E-state index contributed by atoms with van der Waals surface area (Å²) in [5, 5.41) is 2.92. The summed E-state index contributed by atoms with van der Waals surface area (Å²) in [4.78, 5) is 25.9. The molecule has 0 saturated carbocycles. The Morgan fingerprint density at radius 3 is 2.53 bits per heavy atom. The Morgan fingerprint density at radius 2 is 1.78 bits per heavy atom. The minimum absolute atomic E-state index is 0.194. The molecular weight excluding hydrogens is 422 g/mol. The van der Waals surface area contributed by atoms with Gasteiger partial charge >= 0.3 is 5.97 Å². The van der Waals surface area contributed by atoms with Crippen molar-refractivity contribution in [2.24, 2.45) is 0 Å². The highest BCUT2D eigenvalue weighted by atomic mass is 32.1. The Morgan fingerprint density at radius 1 is 1.00 bits per heavy atom. The van der Waals surface area contributed by atoms with Crippen LogP contribution >= 0.6 is 11.3 Å². The number of nitrogens with zero attached hydrogens (tertiary/aromatic N) is 1. The quantitative estimate of drug-likeness (QED) is 0.336. The van der Waals surface area contributed by atoms with Crippen molar-refractivity contribution in [2.75, 3.05) is 7.11 Å². The van der Waals surface area contributed by atoms with Crippen molar-refractivity contribution in [1.82, 2.24) is 4.40 Å². The van der Waals surface area contributed by atoms with Crippen molar-refractivity contribution in [3.8, 4) is 16.9 Å². The molecule has 0 atom stereocenters. The van der Waals surface area contributed by atoms with Gasteiger partial charge in [0, 0.05) is 11.8 Å². The second kappa shape index (κ2) is 8.32. The number of ether oxygens (including phenoxy) is 2. The highest BCUT2D eigenvalue weighted by Gasteiger charge is 2.19. The maximum atomic E-state index is 13.3. The van der Waals surface area contributed by atoms with Crippen molar-refractivity contribution in [2.45, 2.75) is 6.61 Å². The average molecular weight is 442 g/mol. The Labute approximate surface area is 188 Å². The smallest absolute Gasteiger partial charge is 0.340 e. The highest BCUT2D eigenvalue weighted by Crippen LogP contribution is 2.30. The molecule has 0 radical (unpaired) electrons. The van der Waals surface area contributed by atoms with Gasteiger partial charge in [-0.1, -0.05) is 42.5 Å². The first kappa shape index (κ1) is 20.0. The number of hydrogen-bond donors (Lipinski definition) is 0. The van der Waals surface area contributed by atoms with Gasteiger partial charge in [-0.15, -0.1) is 11.3 Å². The lowest BCUT2D eigenvalue weighted by molar-refractivity contribution is 0.0602. The number of rotatable bonds is 5. The van der Waals surface area contributed by atoms with E-state index in [1.807, 2.05) is 72.1 Å². The third-order valence-corrected chi connectivity index (χ3v) is 6.30. The summed E-state index contributed by atoms with van der Waals surface area (Å²) in [5.41, 5.74) is 2.94. The molecule has 2 aromatic carbocycles. The SMILES string of the molecule is COC(=O)c1cc(-c2ccc(OCc3ccccc3)cc2)c(=O)n2ccc3ccsc3c12. The van der Waals surface area contributed by atoms with Crippen LogP contribution in [0.2, 0.25) is 0 Å². The van der Waals surface area contributed by atoms with Gasteiger partial charge < -0.3 is 9.47 Å². The van der Waals surface area contributed by atoms with Crippen LogP contribution < -0.4 is 10.3 Å². The van der Waals surface area contributed by atoms with E-state index in [-0.39, 0.29) is 5.56 Å². The molecule has 0 aliphatic rings. The summed E-state index contributed by atoms with van der Waals surface area (Å²) >= 11 is 1.49. The number of methoxy groups -OCH3 is 1. The van der Waals surface area contributed by atoms with Crippen LogP contribution in [-0.4, -0.2) is 17.5 Å². The topological polar surface area (TPSA) is 57.0 Å². The van der Waals surface area contributed by atoms with Crippen LogP contribution in [0.4, 0.5) is 0 Å². The van der Waals surface area contributed by atoms with E-state index in [9.17, 15) is 9.59 Å². The van der Waals surface area contributed by atoms with Crippen LogP contribution in [0.15, 0.2) is 89.2 Å². The van der Waals surface area contributed by atoms with E-state index in [1.54, 1.807) is 12.3 Å². The Kier molecular flexibility index (Phi) is 5.21. The van der Waals surface area contributed by atoms with E-state index in [1.165, 1.54) is 22.8 Å². The van der Waals surface area contributed by atoms with Crippen LogP contribution in [0, 0.1) is 0 Å². The Hall–Kier alpha value is -3.90. The molecule has 32 heavy (non-hydrogen) atoms. The summed E-state index contributed by atoms with van der Waals surface area (Å²) in [7, 11) is 1.34. The lowest BCUT2D eigenvalue weighted by Crippen LogP contribution is -2.19. The van der Waals surface area contributed by atoms with Gasteiger partial charge in [-0.25, -0.2) is 4.79 Å². The molecular formula is C26H19NO4S. The molecule has 6 heteroatoms. The molecule has 5 nitrogen and oxygen atoms in total. The maximum absolute atomic E-state index is 13.3. The van der Waals surface area contributed by atoms with Crippen LogP contribution in [0.5, 0.6) is 5.75 Å². The zero-order valence-corrected chi connectivity index (χ0v) is 18.1. The fourth-order valence-electron chi connectivity index (χ4n) is 3.75. The minimum Gasteiger partial charge on any atom is -0.489 e.